The Morgan fingerprint density at radius 1 is 1.15 bits per heavy atom. The van der Waals surface area contributed by atoms with Crippen molar-refractivity contribution < 1.29 is 4.74 Å². The Balaban J connectivity index is 2.18. The standard InChI is InChI=1S/C15H17N3OS/c1-15(2,3)10-4-6-11(7-5-10)19-14-17-9-8-12(18-14)13(16)20/h4-9H,1-3H3,(H2,16,20). The first-order valence-electron chi connectivity index (χ1n) is 6.27. The van der Waals surface area contributed by atoms with E-state index in [1.807, 2.05) is 24.3 Å². The molecule has 0 aliphatic heterocycles. The van der Waals surface area contributed by atoms with Gasteiger partial charge >= 0.3 is 6.01 Å². The van der Waals surface area contributed by atoms with Crippen molar-refractivity contribution in [2.24, 2.45) is 5.73 Å². The fraction of sp³-hybridized carbons (Fsp3) is 0.267. The Morgan fingerprint density at radius 3 is 2.35 bits per heavy atom. The van der Waals surface area contributed by atoms with Crippen molar-refractivity contribution in [2.75, 3.05) is 0 Å². The van der Waals surface area contributed by atoms with Gasteiger partial charge in [0, 0.05) is 6.20 Å². The first-order chi connectivity index (χ1) is 9.36. The topological polar surface area (TPSA) is 61.0 Å². The SMILES string of the molecule is CC(C)(C)c1ccc(Oc2nccc(C(N)=S)n2)cc1. The van der Waals surface area contributed by atoms with Crippen LogP contribution < -0.4 is 10.5 Å². The van der Waals surface area contributed by atoms with Gasteiger partial charge in [-0.2, -0.15) is 4.98 Å². The lowest BCUT2D eigenvalue weighted by Crippen LogP contribution is -2.12. The van der Waals surface area contributed by atoms with E-state index in [2.05, 4.69) is 30.7 Å². The quantitative estimate of drug-likeness (QED) is 0.878. The highest BCUT2D eigenvalue weighted by Crippen LogP contribution is 2.25. The Morgan fingerprint density at radius 2 is 1.80 bits per heavy atom. The number of benzene rings is 1. The van der Waals surface area contributed by atoms with Gasteiger partial charge in [0.1, 0.15) is 16.4 Å². The number of hydrogen-bond donors (Lipinski definition) is 1. The van der Waals surface area contributed by atoms with E-state index in [9.17, 15) is 0 Å². The molecular weight excluding hydrogens is 270 g/mol. The normalized spacial score (nSPS) is 11.2. The van der Waals surface area contributed by atoms with Gasteiger partial charge in [-0.05, 0) is 29.2 Å². The summed E-state index contributed by atoms with van der Waals surface area (Å²) in [5, 5.41) is 0. The second-order valence-corrected chi connectivity index (χ2v) is 5.90. The summed E-state index contributed by atoms with van der Waals surface area (Å²) in [4.78, 5) is 8.40. The van der Waals surface area contributed by atoms with Gasteiger partial charge in [-0.15, -0.1) is 0 Å². The molecule has 2 N–H and O–H groups in total. The predicted octanol–water partition coefficient (Wildman–Crippen LogP) is 3.20. The second-order valence-electron chi connectivity index (χ2n) is 5.47. The summed E-state index contributed by atoms with van der Waals surface area (Å²) in [7, 11) is 0. The van der Waals surface area contributed by atoms with Crippen molar-refractivity contribution in [2.45, 2.75) is 26.2 Å². The highest BCUT2D eigenvalue weighted by molar-refractivity contribution is 7.80. The number of aromatic nitrogens is 2. The molecule has 2 rings (SSSR count). The molecule has 0 aliphatic rings. The molecule has 1 heterocycles. The molecule has 0 amide bonds. The van der Waals surface area contributed by atoms with Crippen LogP contribution in [0.3, 0.4) is 0 Å². The molecule has 1 aromatic carbocycles. The molecule has 0 aliphatic carbocycles. The Hall–Kier alpha value is -2.01. The molecule has 0 bridgehead atoms. The zero-order valence-electron chi connectivity index (χ0n) is 11.8. The third kappa shape index (κ3) is 3.51. The summed E-state index contributed by atoms with van der Waals surface area (Å²) in [6.07, 6.45) is 1.57. The van der Waals surface area contributed by atoms with E-state index in [1.165, 1.54) is 5.56 Å². The van der Waals surface area contributed by atoms with Gasteiger partial charge in [-0.1, -0.05) is 45.1 Å². The van der Waals surface area contributed by atoms with E-state index in [0.29, 0.717) is 11.4 Å². The van der Waals surface area contributed by atoms with Crippen LogP contribution >= 0.6 is 12.2 Å². The Bertz CT molecular complexity index is 618. The van der Waals surface area contributed by atoms with Crippen molar-refractivity contribution in [3.05, 3.63) is 47.8 Å². The minimum absolute atomic E-state index is 0.112. The zero-order chi connectivity index (χ0) is 14.8. The summed E-state index contributed by atoms with van der Waals surface area (Å²) in [5.41, 5.74) is 7.38. The van der Waals surface area contributed by atoms with Gasteiger partial charge in [-0.3, -0.25) is 0 Å². The summed E-state index contributed by atoms with van der Waals surface area (Å²) >= 11 is 4.88. The van der Waals surface area contributed by atoms with Crippen LogP contribution in [0.25, 0.3) is 0 Å². The molecule has 0 fully saturated rings. The maximum atomic E-state index is 5.60. The van der Waals surface area contributed by atoms with Crippen LogP contribution in [-0.2, 0) is 5.41 Å². The highest BCUT2D eigenvalue weighted by atomic mass is 32.1. The molecule has 4 nitrogen and oxygen atoms in total. The number of nitrogens with zero attached hydrogens (tertiary/aromatic N) is 2. The number of nitrogens with two attached hydrogens (primary N) is 1. The van der Waals surface area contributed by atoms with E-state index in [-0.39, 0.29) is 16.4 Å². The zero-order valence-corrected chi connectivity index (χ0v) is 12.6. The molecule has 0 unspecified atom stereocenters. The fourth-order valence-electron chi connectivity index (χ4n) is 1.66. The molecule has 0 spiro atoms. The summed E-state index contributed by atoms with van der Waals surface area (Å²) in [6, 6.07) is 9.76. The number of ether oxygens (including phenoxy) is 1. The van der Waals surface area contributed by atoms with Gasteiger partial charge < -0.3 is 10.5 Å². The lowest BCUT2D eigenvalue weighted by molar-refractivity contribution is 0.440. The van der Waals surface area contributed by atoms with Crippen LogP contribution in [0.5, 0.6) is 11.8 Å². The van der Waals surface area contributed by atoms with Crippen molar-refractivity contribution in [3.63, 3.8) is 0 Å². The highest BCUT2D eigenvalue weighted by Gasteiger charge is 2.13. The second kappa shape index (κ2) is 5.54. The largest absolute Gasteiger partial charge is 0.424 e. The van der Waals surface area contributed by atoms with Gasteiger partial charge in [0.05, 0.1) is 0 Å². The van der Waals surface area contributed by atoms with E-state index in [4.69, 9.17) is 22.7 Å². The molecule has 0 atom stereocenters. The number of rotatable bonds is 3. The maximum absolute atomic E-state index is 5.60. The molecule has 104 valence electrons. The van der Waals surface area contributed by atoms with E-state index in [1.54, 1.807) is 12.3 Å². The average molecular weight is 287 g/mol. The summed E-state index contributed by atoms with van der Waals surface area (Å²) in [5.74, 6) is 0.679. The minimum atomic E-state index is 0.112. The monoisotopic (exact) mass is 287 g/mol. The Labute approximate surface area is 124 Å². The maximum Gasteiger partial charge on any atom is 0.322 e. The van der Waals surface area contributed by atoms with Gasteiger partial charge in [-0.25, -0.2) is 4.98 Å². The summed E-state index contributed by atoms with van der Waals surface area (Å²) < 4.78 is 5.60. The molecular formula is C15H17N3OS. The van der Waals surface area contributed by atoms with Gasteiger partial charge in [0.15, 0.2) is 0 Å². The number of hydrogen-bond acceptors (Lipinski definition) is 4. The molecule has 20 heavy (non-hydrogen) atoms. The van der Waals surface area contributed by atoms with Crippen LogP contribution in [-0.4, -0.2) is 15.0 Å². The first kappa shape index (κ1) is 14.4. The molecule has 0 radical (unpaired) electrons. The predicted molar refractivity (Wildman–Crippen MR) is 83.1 cm³/mol. The lowest BCUT2D eigenvalue weighted by Gasteiger charge is -2.18. The van der Waals surface area contributed by atoms with Crippen molar-refractivity contribution in [3.8, 4) is 11.8 Å². The Kier molecular flexibility index (Phi) is 3.99. The number of thiocarbonyl (C=S) groups is 1. The van der Waals surface area contributed by atoms with Gasteiger partial charge in [0.2, 0.25) is 0 Å². The first-order valence-corrected chi connectivity index (χ1v) is 6.68. The average Bonchev–Trinajstić information content (AvgIpc) is 2.38. The van der Waals surface area contributed by atoms with E-state index in [0.717, 1.165) is 0 Å². The van der Waals surface area contributed by atoms with Crippen molar-refractivity contribution in [1.82, 2.24) is 9.97 Å². The van der Waals surface area contributed by atoms with Crippen LogP contribution in [0.4, 0.5) is 0 Å². The minimum Gasteiger partial charge on any atom is -0.424 e. The van der Waals surface area contributed by atoms with E-state index >= 15 is 0 Å². The third-order valence-electron chi connectivity index (χ3n) is 2.82. The van der Waals surface area contributed by atoms with E-state index < -0.39 is 0 Å². The third-order valence-corrected chi connectivity index (χ3v) is 3.02. The fourth-order valence-corrected chi connectivity index (χ4v) is 1.77. The van der Waals surface area contributed by atoms with Crippen LogP contribution in [0, 0.1) is 0 Å². The van der Waals surface area contributed by atoms with Gasteiger partial charge in [0.25, 0.3) is 0 Å². The molecule has 0 saturated heterocycles. The van der Waals surface area contributed by atoms with Crippen LogP contribution in [0.2, 0.25) is 0 Å². The van der Waals surface area contributed by atoms with Crippen molar-refractivity contribution in [1.29, 1.82) is 0 Å². The van der Waals surface area contributed by atoms with Crippen LogP contribution in [0.1, 0.15) is 32.0 Å². The molecule has 1 aromatic heterocycles. The van der Waals surface area contributed by atoms with Crippen LogP contribution in [0.15, 0.2) is 36.5 Å². The molecule has 0 saturated carbocycles. The smallest absolute Gasteiger partial charge is 0.322 e. The lowest BCUT2D eigenvalue weighted by atomic mass is 9.87. The summed E-state index contributed by atoms with van der Waals surface area (Å²) in [6.45, 7) is 6.49. The molecule has 5 heteroatoms. The molecule has 2 aromatic rings. The van der Waals surface area contributed by atoms with Crippen molar-refractivity contribution >= 4 is 17.2 Å².